The third-order valence-electron chi connectivity index (χ3n) is 5.97. The van der Waals surface area contributed by atoms with Gasteiger partial charge < -0.3 is 14.1 Å². The Balaban J connectivity index is 3.51. The molecule has 2 atom stereocenters. The number of nitrogens with zero attached hydrogens (tertiary/aromatic N) is 1. The first-order chi connectivity index (χ1) is 16.2. The van der Waals surface area contributed by atoms with Crippen molar-refractivity contribution in [3.05, 3.63) is 0 Å². The van der Waals surface area contributed by atoms with Gasteiger partial charge in [-0.1, -0.05) is 96.8 Å². The van der Waals surface area contributed by atoms with Crippen LogP contribution in [0.3, 0.4) is 0 Å². The zero-order chi connectivity index (χ0) is 25.5. The molecule has 0 bridgehead atoms. The summed E-state index contributed by atoms with van der Waals surface area (Å²) in [5, 5.41) is 0. The van der Waals surface area contributed by atoms with Crippen molar-refractivity contribution in [2.45, 2.75) is 109 Å². The predicted molar refractivity (Wildman–Crippen MR) is 148 cm³/mol. The lowest BCUT2D eigenvalue weighted by Crippen LogP contribution is -2.37. The highest BCUT2D eigenvalue weighted by Gasteiger charge is 2.24. The van der Waals surface area contributed by atoms with E-state index in [1.54, 1.807) is 7.11 Å². The molecule has 206 valence electrons. The number of likely N-dealkylation sites (N-methyl/N-ethyl adjacent to an activating group) is 1. The van der Waals surface area contributed by atoms with Gasteiger partial charge in [-0.15, -0.1) is 0 Å². The average Bonchev–Trinajstić information content (AvgIpc) is 2.76. The van der Waals surface area contributed by atoms with Crippen molar-refractivity contribution in [1.29, 1.82) is 0 Å². The van der Waals surface area contributed by atoms with Gasteiger partial charge >= 0.3 is 7.82 Å². The van der Waals surface area contributed by atoms with E-state index in [4.69, 9.17) is 13.8 Å². The van der Waals surface area contributed by atoms with Crippen LogP contribution in [0.25, 0.3) is 0 Å². The summed E-state index contributed by atoms with van der Waals surface area (Å²) in [7, 11) is 3.60. The van der Waals surface area contributed by atoms with Crippen LogP contribution < -0.4 is 0 Å². The zero-order valence-electron chi connectivity index (χ0n) is 23.1. The molecule has 0 aromatic rings. The van der Waals surface area contributed by atoms with Crippen molar-refractivity contribution in [2.75, 3.05) is 59.5 Å². The fraction of sp³-hybridized carbons (Fsp3) is 1.00. The molecule has 34 heavy (non-hydrogen) atoms. The van der Waals surface area contributed by atoms with E-state index in [0.29, 0.717) is 11.0 Å². The van der Waals surface area contributed by atoms with Gasteiger partial charge in [0.15, 0.2) is 0 Å². The maximum absolute atomic E-state index is 12.0. The van der Waals surface area contributed by atoms with E-state index in [9.17, 15) is 9.46 Å². The van der Waals surface area contributed by atoms with E-state index in [0.717, 1.165) is 11.5 Å². The van der Waals surface area contributed by atoms with Gasteiger partial charge in [0, 0.05) is 12.9 Å². The number of hydrogen-bond acceptors (Lipinski definition) is 5. The molecule has 0 fully saturated rings. The van der Waals surface area contributed by atoms with Gasteiger partial charge in [0.1, 0.15) is 13.2 Å². The summed E-state index contributed by atoms with van der Waals surface area (Å²) in [6, 6.07) is 0. The second kappa shape index (κ2) is 22.6. The van der Waals surface area contributed by atoms with Crippen LogP contribution in [0.4, 0.5) is 0 Å². The molecule has 0 aromatic carbocycles. The molecular weight excluding hydrogens is 469 g/mol. The number of rotatable bonds is 26. The number of methoxy groups -OCH3 is 1. The lowest BCUT2D eigenvalue weighted by Gasteiger charge is -2.24. The number of thioether (sulfide) groups is 1. The maximum atomic E-state index is 12.0. The van der Waals surface area contributed by atoms with Crippen LogP contribution in [0.2, 0.25) is 0 Å². The van der Waals surface area contributed by atoms with Crippen molar-refractivity contribution in [3.63, 3.8) is 0 Å². The molecule has 0 saturated carbocycles. The molecule has 0 saturated heterocycles. The van der Waals surface area contributed by atoms with Crippen molar-refractivity contribution in [2.24, 2.45) is 0 Å². The van der Waals surface area contributed by atoms with Gasteiger partial charge in [0.25, 0.3) is 0 Å². The molecule has 0 aliphatic heterocycles. The summed E-state index contributed by atoms with van der Waals surface area (Å²) < 4.78 is 28.2. The normalized spacial score (nSPS) is 14.9. The predicted octanol–water partition coefficient (Wildman–Crippen LogP) is 7.45. The Bertz CT molecular complexity index is 490. The van der Waals surface area contributed by atoms with Crippen LogP contribution in [-0.2, 0) is 18.3 Å². The fourth-order valence-electron chi connectivity index (χ4n) is 3.62. The Hall–Kier alpha value is 0.380. The minimum absolute atomic E-state index is 0.0700. The Morgan fingerprint density at radius 1 is 0.794 bits per heavy atom. The summed E-state index contributed by atoms with van der Waals surface area (Å²) in [4.78, 5) is 9.82. The van der Waals surface area contributed by atoms with E-state index in [1.807, 2.05) is 32.9 Å². The number of unbranched alkanes of at least 4 members (excludes halogenated alkanes) is 14. The van der Waals surface area contributed by atoms with Crippen molar-refractivity contribution < 1.29 is 27.7 Å². The highest BCUT2D eigenvalue weighted by molar-refractivity contribution is 7.99. The van der Waals surface area contributed by atoms with Gasteiger partial charge in [-0.2, -0.15) is 11.8 Å². The van der Waals surface area contributed by atoms with Crippen molar-refractivity contribution >= 4 is 19.6 Å². The van der Waals surface area contributed by atoms with Crippen LogP contribution in [0.1, 0.15) is 103 Å². The lowest BCUT2D eigenvalue weighted by molar-refractivity contribution is -0.870. The monoisotopic (exact) mass is 526 g/mol. The lowest BCUT2D eigenvalue weighted by atomic mass is 10.0. The molecule has 6 nitrogen and oxygen atoms in total. The van der Waals surface area contributed by atoms with E-state index >= 15 is 0 Å². The topological polar surface area (TPSA) is 65.0 Å². The number of phosphoric acid groups is 1. The third kappa shape index (κ3) is 25.5. The standard InChI is InChI=1S/C26H56NO5PS/c1-6-7-8-9-10-11-12-13-14-15-16-17-18-19-20-23-34-25-26(30-5)24-32-33(28,29)31-22-21-27(2,3)4/h26H,6-25H2,1-5H3/p+1. The molecule has 0 spiro atoms. The maximum Gasteiger partial charge on any atom is 0.472 e. The van der Waals surface area contributed by atoms with E-state index in [1.165, 1.54) is 96.3 Å². The van der Waals surface area contributed by atoms with Gasteiger partial charge in [-0.05, 0) is 12.2 Å². The second-order valence-electron chi connectivity index (χ2n) is 10.5. The largest absolute Gasteiger partial charge is 0.472 e. The molecule has 8 heteroatoms. The smallest absolute Gasteiger partial charge is 0.378 e. The Morgan fingerprint density at radius 3 is 1.71 bits per heavy atom. The Morgan fingerprint density at radius 2 is 1.26 bits per heavy atom. The van der Waals surface area contributed by atoms with Crippen molar-refractivity contribution in [3.8, 4) is 0 Å². The van der Waals surface area contributed by atoms with E-state index in [-0.39, 0.29) is 19.3 Å². The Kier molecular flexibility index (Phi) is 22.8. The summed E-state index contributed by atoms with van der Waals surface area (Å²) in [5.41, 5.74) is 0. The van der Waals surface area contributed by atoms with Crippen LogP contribution in [0.15, 0.2) is 0 Å². The highest BCUT2D eigenvalue weighted by Crippen LogP contribution is 2.43. The van der Waals surface area contributed by atoms with Crippen LogP contribution in [-0.4, -0.2) is 75.0 Å². The second-order valence-corrected chi connectivity index (χ2v) is 13.1. The van der Waals surface area contributed by atoms with Crippen LogP contribution in [0.5, 0.6) is 0 Å². The van der Waals surface area contributed by atoms with Crippen LogP contribution >= 0.6 is 19.6 Å². The van der Waals surface area contributed by atoms with Gasteiger partial charge in [0.2, 0.25) is 0 Å². The van der Waals surface area contributed by atoms with Gasteiger partial charge in [-0.25, -0.2) is 4.57 Å². The average molecular weight is 527 g/mol. The molecule has 2 unspecified atom stereocenters. The number of ether oxygens (including phenoxy) is 1. The minimum atomic E-state index is -4.02. The molecule has 0 heterocycles. The molecular formula is C26H57NO5PS+. The number of quaternary nitrogens is 1. The zero-order valence-corrected chi connectivity index (χ0v) is 24.8. The SMILES string of the molecule is CCCCCCCCCCCCCCCCCSCC(COP(=O)(O)OCC[N+](C)(C)C)OC. The van der Waals surface area contributed by atoms with Crippen LogP contribution in [0, 0.1) is 0 Å². The molecule has 0 aliphatic rings. The summed E-state index contributed by atoms with van der Waals surface area (Å²) >= 11 is 1.82. The van der Waals surface area contributed by atoms with Gasteiger partial charge in [-0.3, -0.25) is 9.05 Å². The number of phosphoric ester groups is 1. The quantitative estimate of drug-likeness (QED) is 0.0717. The fourth-order valence-corrected chi connectivity index (χ4v) is 5.43. The number of hydrogen-bond donors (Lipinski definition) is 1. The first-order valence-electron chi connectivity index (χ1n) is 13.7. The third-order valence-corrected chi connectivity index (χ3v) is 8.14. The Labute approximate surface area is 216 Å². The molecule has 0 rings (SSSR count). The van der Waals surface area contributed by atoms with Crippen molar-refractivity contribution in [1.82, 2.24) is 0 Å². The minimum Gasteiger partial charge on any atom is -0.378 e. The molecule has 1 N–H and O–H groups in total. The summed E-state index contributed by atoms with van der Waals surface area (Å²) in [5.74, 6) is 1.85. The summed E-state index contributed by atoms with van der Waals surface area (Å²) in [6.07, 6.45) is 20.5. The molecule has 0 radical (unpaired) electrons. The molecule has 0 aliphatic carbocycles. The summed E-state index contributed by atoms with van der Waals surface area (Å²) in [6.45, 7) is 3.17. The van der Waals surface area contributed by atoms with Gasteiger partial charge in [0.05, 0.1) is 33.9 Å². The van der Waals surface area contributed by atoms with E-state index in [2.05, 4.69) is 6.92 Å². The highest BCUT2D eigenvalue weighted by atomic mass is 32.2. The van der Waals surface area contributed by atoms with E-state index < -0.39 is 7.82 Å². The molecule has 0 aromatic heterocycles. The first-order valence-corrected chi connectivity index (χ1v) is 16.4. The molecule has 0 amide bonds. The first kappa shape index (κ1) is 34.4.